The average molecular weight is 435 g/mol. The summed E-state index contributed by atoms with van der Waals surface area (Å²) >= 11 is 0. The zero-order valence-electron chi connectivity index (χ0n) is 15.2. The molecule has 1 unspecified atom stereocenters. The molecule has 0 N–H and O–H groups in total. The van der Waals surface area contributed by atoms with Gasteiger partial charge in [-0.1, -0.05) is 0 Å². The van der Waals surface area contributed by atoms with E-state index in [4.69, 9.17) is 4.74 Å². The SMILES string of the molecule is O=C(c1ccc(OC(F)(F)F)cc1)N1CCCC(Oc2nccc(C(F)(F)F)n2)C1. The number of amides is 1. The maximum atomic E-state index is 12.8. The highest BCUT2D eigenvalue weighted by atomic mass is 19.4. The van der Waals surface area contributed by atoms with Crippen LogP contribution in [0.15, 0.2) is 36.5 Å². The predicted octanol–water partition coefficient (Wildman–Crippen LogP) is 4.08. The van der Waals surface area contributed by atoms with Crippen LogP contribution in [-0.4, -0.2) is 46.3 Å². The van der Waals surface area contributed by atoms with Gasteiger partial charge in [-0.05, 0) is 43.2 Å². The fraction of sp³-hybridized carbons (Fsp3) is 0.389. The molecule has 0 radical (unpaired) electrons. The smallest absolute Gasteiger partial charge is 0.458 e. The molecule has 30 heavy (non-hydrogen) atoms. The lowest BCUT2D eigenvalue weighted by atomic mass is 10.1. The predicted molar refractivity (Wildman–Crippen MR) is 89.7 cm³/mol. The third kappa shape index (κ3) is 5.74. The first-order chi connectivity index (χ1) is 14.0. The van der Waals surface area contributed by atoms with E-state index in [2.05, 4.69) is 14.7 Å². The first-order valence-electron chi connectivity index (χ1n) is 8.73. The minimum atomic E-state index is -4.84. The Balaban J connectivity index is 1.64. The Morgan fingerprint density at radius 3 is 2.40 bits per heavy atom. The molecule has 0 spiro atoms. The summed E-state index contributed by atoms with van der Waals surface area (Å²) in [5, 5.41) is 0. The van der Waals surface area contributed by atoms with Crippen molar-refractivity contribution in [2.45, 2.75) is 31.5 Å². The van der Waals surface area contributed by atoms with Gasteiger partial charge in [0.2, 0.25) is 0 Å². The molecule has 162 valence electrons. The lowest BCUT2D eigenvalue weighted by Crippen LogP contribution is -2.44. The van der Waals surface area contributed by atoms with Gasteiger partial charge in [0.05, 0.1) is 6.54 Å². The molecule has 1 atom stereocenters. The lowest BCUT2D eigenvalue weighted by Gasteiger charge is -2.32. The molecule has 1 aliphatic rings. The summed E-state index contributed by atoms with van der Waals surface area (Å²) in [4.78, 5) is 21.0. The van der Waals surface area contributed by atoms with Gasteiger partial charge in [-0.2, -0.15) is 18.2 Å². The summed E-state index contributed by atoms with van der Waals surface area (Å²) in [5.41, 5.74) is -1.00. The number of rotatable bonds is 4. The van der Waals surface area contributed by atoms with Gasteiger partial charge in [-0.25, -0.2) is 4.98 Å². The van der Waals surface area contributed by atoms with Gasteiger partial charge >= 0.3 is 18.5 Å². The zero-order chi connectivity index (χ0) is 21.9. The summed E-state index contributed by atoms with van der Waals surface area (Å²) in [5.74, 6) is -0.910. The highest BCUT2D eigenvalue weighted by Gasteiger charge is 2.34. The topological polar surface area (TPSA) is 64.5 Å². The normalized spacial score (nSPS) is 17.5. The second-order valence-electron chi connectivity index (χ2n) is 6.43. The van der Waals surface area contributed by atoms with Crippen LogP contribution < -0.4 is 9.47 Å². The summed E-state index contributed by atoms with van der Waals surface area (Å²) in [6.45, 7) is 0.433. The molecule has 2 heterocycles. The number of likely N-dealkylation sites (tertiary alicyclic amines) is 1. The van der Waals surface area contributed by atoms with E-state index in [0.29, 0.717) is 19.4 Å². The molecule has 1 aromatic heterocycles. The number of halogens is 6. The molecule has 3 rings (SSSR count). The van der Waals surface area contributed by atoms with Crippen LogP contribution in [0.3, 0.4) is 0 Å². The molecule has 1 aliphatic heterocycles. The van der Waals surface area contributed by atoms with Crippen LogP contribution in [0.4, 0.5) is 26.3 Å². The number of ether oxygens (including phenoxy) is 2. The fourth-order valence-electron chi connectivity index (χ4n) is 2.91. The Morgan fingerprint density at radius 2 is 1.77 bits per heavy atom. The first kappa shape index (κ1) is 21.7. The molecule has 12 heteroatoms. The van der Waals surface area contributed by atoms with Crippen molar-refractivity contribution < 1.29 is 40.6 Å². The number of nitrogens with zero attached hydrogens (tertiary/aromatic N) is 3. The minimum Gasteiger partial charge on any atom is -0.458 e. The number of carbonyl (C=O) groups excluding carboxylic acids is 1. The van der Waals surface area contributed by atoms with E-state index < -0.39 is 42.0 Å². The molecule has 6 nitrogen and oxygen atoms in total. The Labute approximate surface area is 166 Å². The largest absolute Gasteiger partial charge is 0.573 e. The van der Waals surface area contributed by atoms with Gasteiger partial charge in [0, 0.05) is 18.3 Å². The second-order valence-corrected chi connectivity index (χ2v) is 6.43. The van der Waals surface area contributed by atoms with Gasteiger partial charge in [0.25, 0.3) is 5.91 Å². The van der Waals surface area contributed by atoms with E-state index in [-0.39, 0.29) is 12.1 Å². The monoisotopic (exact) mass is 435 g/mol. The standard InChI is InChI=1S/C18H15F6N3O3/c19-17(20,21)14-7-8-25-16(26-14)29-13-2-1-9-27(10-13)15(28)11-3-5-12(6-4-11)30-18(22,23)24/h3-8,13H,1-2,9-10H2. The summed E-state index contributed by atoms with van der Waals surface area (Å²) in [6, 6.07) is 4.71. The van der Waals surface area contributed by atoms with Crippen molar-refractivity contribution in [1.29, 1.82) is 0 Å². The molecule has 2 aromatic rings. The van der Waals surface area contributed by atoms with Crippen LogP contribution in [0.5, 0.6) is 11.8 Å². The van der Waals surface area contributed by atoms with Crippen molar-refractivity contribution >= 4 is 5.91 Å². The Hall–Kier alpha value is -3.05. The van der Waals surface area contributed by atoms with Crippen LogP contribution in [0, 0.1) is 0 Å². The van der Waals surface area contributed by atoms with E-state index in [0.717, 1.165) is 24.4 Å². The van der Waals surface area contributed by atoms with Gasteiger partial charge < -0.3 is 14.4 Å². The number of hydrogen-bond donors (Lipinski definition) is 0. The van der Waals surface area contributed by atoms with Crippen LogP contribution in [0.2, 0.25) is 0 Å². The van der Waals surface area contributed by atoms with Crippen LogP contribution in [0.25, 0.3) is 0 Å². The molecule has 0 bridgehead atoms. The van der Waals surface area contributed by atoms with Crippen molar-refractivity contribution in [2.75, 3.05) is 13.1 Å². The molecular weight excluding hydrogens is 420 g/mol. The summed E-state index contributed by atoms with van der Waals surface area (Å²) in [7, 11) is 0. The number of aromatic nitrogens is 2. The molecular formula is C18H15F6N3O3. The molecule has 1 saturated heterocycles. The maximum absolute atomic E-state index is 12.8. The van der Waals surface area contributed by atoms with E-state index >= 15 is 0 Å². The lowest BCUT2D eigenvalue weighted by molar-refractivity contribution is -0.274. The molecule has 0 saturated carbocycles. The quantitative estimate of drug-likeness (QED) is 0.678. The highest BCUT2D eigenvalue weighted by molar-refractivity contribution is 5.94. The summed E-state index contributed by atoms with van der Waals surface area (Å²) < 4.78 is 84.1. The third-order valence-corrected chi connectivity index (χ3v) is 4.20. The minimum absolute atomic E-state index is 0.0687. The highest BCUT2D eigenvalue weighted by Crippen LogP contribution is 2.28. The van der Waals surface area contributed by atoms with Gasteiger partial charge in [0.1, 0.15) is 11.9 Å². The van der Waals surface area contributed by atoms with Crippen LogP contribution >= 0.6 is 0 Å². The van der Waals surface area contributed by atoms with Gasteiger partial charge in [0.15, 0.2) is 5.69 Å². The van der Waals surface area contributed by atoms with Crippen molar-refractivity contribution in [1.82, 2.24) is 14.9 Å². The third-order valence-electron chi connectivity index (χ3n) is 4.20. The van der Waals surface area contributed by atoms with E-state index in [1.54, 1.807) is 0 Å². The second kappa shape index (κ2) is 8.36. The number of hydrogen-bond acceptors (Lipinski definition) is 5. The van der Waals surface area contributed by atoms with E-state index in [1.807, 2.05) is 0 Å². The number of carbonyl (C=O) groups is 1. The Bertz CT molecular complexity index is 886. The zero-order valence-corrected chi connectivity index (χ0v) is 15.2. The van der Waals surface area contributed by atoms with Crippen molar-refractivity contribution in [3.8, 4) is 11.8 Å². The summed E-state index contributed by atoms with van der Waals surface area (Å²) in [6.07, 6.45) is -8.18. The van der Waals surface area contributed by atoms with Crippen molar-refractivity contribution in [3.63, 3.8) is 0 Å². The van der Waals surface area contributed by atoms with Crippen molar-refractivity contribution in [3.05, 3.63) is 47.8 Å². The van der Waals surface area contributed by atoms with E-state index in [1.165, 1.54) is 17.0 Å². The van der Waals surface area contributed by atoms with Gasteiger partial charge in [-0.3, -0.25) is 4.79 Å². The van der Waals surface area contributed by atoms with Crippen molar-refractivity contribution in [2.24, 2.45) is 0 Å². The molecule has 1 aromatic carbocycles. The van der Waals surface area contributed by atoms with Crippen LogP contribution in [-0.2, 0) is 6.18 Å². The molecule has 1 fully saturated rings. The average Bonchev–Trinajstić information content (AvgIpc) is 2.67. The molecule has 0 aliphatic carbocycles. The number of alkyl halides is 6. The Morgan fingerprint density at radius 1 is 1.07 bits per heavy atom. The number of piperidine rings is 1. The number of benzene rings is 1. The molecule has 1 amide bonds. The van der Waals surface area contributed by atoms with Gasteiger partial charge in [-0.15, -0.1) is 13.2 Å². The fourth-order valence-corrected chi connectivity index (χ4v) is 2.91. The van der Waals surface area contributed by atoms with Crippen LogP contribution in [0.1, 0.15) is 28.9 Å². The Kier molecular flexibility index (Phi) is 6.04. The maximum Gasteiger partial charge on any atom is 0.573 e. The van der Waals surface area contributed by atoms with E-state index in [9.17, 15) is 31.1 Å². The first-order valence-corrected chi connectivity index (χ1v) is 8.73.